The Morgan fingerprint density at radius 2 is 1.55 bits per heavy atom. The molecule has 40 heavy (non-hydrogen) atoms. The van der Waals surface area contributed by atoms with Crippen LogP contribution in [0.3, 0.4) is 0 Å². The number of aryl methyl sites for hydroxylation is 1. The number of rotatable bonds is 12. The van der Waals surface area contributed by atoms with Gasteiger partial charge in [-0.1, -0.05) is 47.5 Å². The monoisotopic (exact) mass is 557 g/mol. The average Bonchev–Trinajstić information content (AvgIpc) is 2.96. The summed E-state index contributed by atoms with van der Waals surface area (Å²) in [5, 5.41) is 9.70. The highest BCUT2D eigenvalue weighted by molar-refractivity contribution is 6.30. The third-order valence-electron chi connectivity index (χ3n) is 6.14. The van der Waals surface area contributed by atoms with E-state index in [1.807, 2.05) is 79.7 Å². The Morgan fingerprint density at radius 1 is 0.825 bits per heavy atom. The molecule has 2 amide bonds. The van der Waals surface area contributed by atoms with Crippen LogP contribution in [0.15, 0.2) is 97.1 Å². The number of ether oxygens (including phenoxy) is 2. The average molecular weight is 558 g/mol. The molecule has 206 valence electrons. The zero-order valence-corrected chi connectivity index (χ0v) is 23.2. The van der Waals surface area contributed by atoms with Crippen molar-refractivity contribution in [1.29, 1.82) is 0 Å². The molecule has 0 aliphatic rings. The molecule has 0 saturated carbocycles. The lowest BCUT2D eigenvalue weighted by molar-refractivity contribution is -0.122. The van der Waals surface area contributed by atoms with Crippen molar-refractivity contribution in [3.8, 4) is 17.2 Å². The summed E-state index contributed by atoms with van der Waals surface area (Å²) in [4.78, 5) is 26.2. The largest absolute Gasteiger partial charge is 0.497 e. The summed E-state index contributed by atoms with van der Waals surface area (Å²) in [7, 11) is 1.62. The van der Waals surface area contributed by atoms with Gasteiger partial charge in [0.05, 0.1) is 7.11 Å². The molecule has 0 saturated heterocycles. The van der Waals surface area contributed by atoms with E-state index in [0.717, 1.165) is 22.6 Å². The first kappa shape index (κ1) is 28.5. The number of hydrogen-bond donors (Lipinski definition) is 3. The highest BCUT2D eigenvalue weighted by Crippen LogP contribution is 2.24. The Kier molecular flexibility index (Phi) is 10.0. The van der Waals surface area contributed by atoms with Crippen LogP contribution >= 0.6 is 11.6 Å². The van der Waals surface area contributed by atoms with E-state index < -0.39 is 6.04 Å². The SMILES string of the molecule is COc1ccc(NCCNC(=O)[C@H](Cc2ccc(Oc3cccc(Cl)c3)cc2)NC(=O)c2cccc(C)c2)cc1. The van der Waals surface area contributed by atoms with Crippen LogP contribution in [0.25, 0.3) is 0 Å². The van der Waals surface area contributed by atoms with Crippen molar-refractivity contribution in [3.63, 3.8) is 0 Å². The Labute approximate surface area is 239 Å². The molecule has 4 rings (SSSR count). The van der Waals surface area contributed by atoms with Gasteiger partial charge < -0.3 is 25.4 Å². The standard InChI is InChI=1S/C32H32ClN3O4/c1-22-5-3-6-24(19-22)31(37)36-30(32(38)35-18-17-34-26-11-15-27(39-2)16-12-26)20-23-9-13-28(14-10-23)40-29-8-4-7-25(33)21-29/h3-16,19,21,30,34H,17-18,20H2,1-2H3,(H,35,38)(H,36,37)/t30-/m0/s1. The number of halogens is 1. The molecule has 0 fully saturated rings. The Bertz CT molecular complexity index is 1430. The van der Waals surface area contributed by atoms with Crippen LogP contribution in [0.4, 0.5) is 5.69 Å². The Balaban J connectivity index is 1.39. The first-order valence-electron chi connectivity index (χ1n) is 12.9. The van der Waals surface area contributed by atoms with E-state index in [9.17, 15) is 9.59 Å². The van der Waals surface area contributed by atoms with Gasteiger partial charge in [-0.2, -0.15) is 0 Å². The van der Waals surface area contributed by atoms with Gasteiger partial charge in [0.2, 0.25) is 5.91 Å². The van der Waals surface area contributed by atoms with E-state index >= 15 is 0 Å². The second-order valence-corrected chi connectivity index (χ2v) is 9.69. The number of carbonyl (C=O) groups excluding carboxylic acids is 2. The molecule has 0 spiro atoms. The molecule has 0 radical (unpaired) electrons. The van der Waals surface area contributed by atoms with Crippen LogP contribution in [-0.2, 0) is 11.2 Å². The minimum absolute atomic E-state index is 0.267. The zero-order valence-electron chi connectivity index (χ0n) is 22.4. The third-order valence-corrected chi connectivity index (χ3v) is 6.38. The quantitative estimate of drug-likeness (QED) is 0.185. The molecule has 0 heterocycles. The molecule has 4 aromatic rings. The first-order chi connectivity index (χ1) is 19.4. The minimum atomic E-state index is -0.770. The van der Waals surface area contributed by atoms with Gasteiger partial charge in [0.25, 0.3) is 5.91 Å². The van der Waals surface area contributed by atoms with E-state index in [-0.39, 0.29) is 11.8 Å². The molecular formula is C32H32ClN3O4. The molecule has 1 atom stereocenters. The number of nitrogens with one attached hydrogen (secondary N) is 3. The molecular weight excluding hydrogens is 526 g/mol. The van der Waals surface area contributed by atoms with Crippen LogP contribution in [0.2, 0.25) is 5.02 Å². The summed E-state index contributed by atoms with van der Waals surface area (Å²) in [5.41, 5.74) is 3.26. The number of amides is 2. The minimum Gasteiger partial charge on any atom is -0.497 e. The summed E-state index contributed by atoms with van der Waals surface area (Å²) in [6.07, 6.45) is 0.312. The second kappa shape index (κ2) is 14.1. The summed E-state index contributed by atoms with van der Waals surface area (Å²) >= 11 is 6.04. The number of carbonyl (C=O) groups is 2. The Morgan fingerprint density at radius 3 is 2.25 bits per heavy atom. The van der Waals surface area contributed by atoms with Crippen molar-refractivity contribution in [3.05, 3.63) is 119 Å². The van der Waals surface area contributed by atoms with Crippen molar-refractivity contribution in [2.24, 2.45) is 0 Å². The van der Waals surface area contributed by atoms with E-state index in [0.29, 0.717) is 41.6 Å². The van der Waals surface area contributed by atoms with Crippen molar-refractivity contribution in [1.82, 2.24) is 10.6 Å². The Hall–Kier alpha value is -4.49. The molecule has 0 bridgehead atoms. The predicted octanol–water partition coefficient (Wildman–Crippen LogP) is 6.02. The predicted molar refractivity (Wildman–Crippen MR) is 159 cm³/mol. The van der Waals surface area contributed by atoms with Crippen molar-refractivity contribution in [2.75, 3.05) is 25.5 Å². The summed E-state index contributed by atoms with van der Waals surface area (Å²) < 4.78 is 11.0. The molecule has 4 aromatic carbocycles. The summed E-state index contributed by atoms with van der Waals surface area (Å²) in [6.45, 7) is 2.82. The zero-order chi connectivity index (χ0) is 28.3. The van der Waals surface area contributed by atoms with E-state index in [1.54, 1.807) is 31.4 Å². The van der Waals surface area contributed by atoms with Crippen LogP contribution in [0.1, 0.15) is 21.5 Å². The summed E-state index contributed by atoms with van der Waals surface area (Å²) in [6, 6.07) is 28.6. The van der Waals surface area contributed by atoms with Gasteiger partial charge >= 0.3 is 0 Å². The van der Waals surface area contributed by atoms with Gasteiger partial charge in [-0.15, -0.1) is 0 Å². The topological polar surface area (TPSA) is 88.7 Å². The van der Waals surface area contributed by atoms with Crippen LogP contribution in [0.5, 0.6) is 17.2 Å². The highest BCUT2D eigenvalue weighted by atomic mass is 35.5. The van der Waals surface area contributed by atoms with Gasteiger partial charge in [0.15, 0.2) is 0 Å². The highest BCUT2D eigenvalue weighted by Gasteiger charge is 2.22. The van der Waals surface area contributed by atoms with Crippen molar-refractivity contribution < 1.29 is 19.1 Å². The number of anilines is 1. The third kappa shape index (κ3) is 8.51. The van der Waals surface area contributed by atoms with Gasteiger partial charge in [0, 0.05) is 35.8 Å². The van der Waals surface area contributed by atoms with Crippen LogP contribution < -0.4 is 25.4 Å². The maximum absolute atomic E-state index is 13.2. The van der Waals surface area contributed by atoms with E-state index in [4.69, 9.17) is 21.1 Å². The molecule has 7 nitrogen and oxygen atoms in total. The molecule has 3 N–H and O–H groups in total. The van der Waals surface area contributed by atoms with E-state index in [1.165, 1.54) is 0 Å². The number of methoxy groups -OCH3 is 1. The van der Waals surface area contributed by atoms with Crippen LogP contribution in [0, 0.1) is 6.92 Å². The first-order valence-corrected chi connectivity index (χ1v) is 13.3. The maximum Gasteiger partial charge on any atom is 0.251 e. The second-order valence-electron chi connectivity index (χ2n) is 9.25. The van der Waals surface area contributed by atoms with Gasteiger partial charge in [0.1, 0.15) is 23.3 Å². The molecule has 0 unspecified atom stereocenters. The van der Waals surface area contributed by atoms with Crippen molar-refractivity contribution >= 4 is 29.1 Å². The number of hydrogen-bond acceptors (Lipinski definition) is 5. The molecule has 0 aliphatic heterocycles. The fraction of sp³-hybridized carbons (Fsp3) is 0.188. The lowest BCUT2D eigenvalue weighted by Gasteiger charge is -2.19. The molecule has 0 aromatic heterocycles. The number of benzene rings is 4. The molecule has 0 aliphatic carbocycles. The fourth-order valence-corrected chi connectivity index (χ4v) is 4.24. The van der Waals surface area contributed by atoms with Gasteiger partial charge in [-0.3, -0.25) is 9.59 Å². The van der Waals surface area contributed by atoms with Gasteiger partial charge in [-0.05, 0) is 79.2 Å². The lowest BCUT2D eigenvalue weighted by Crippen LogP contribution is -2.48. The van der Waals surface area contributed by atoms with E-state index in [2.05, 4.69) is 16.0 Å². The lowest BCUT2D eigenvalue weighted by atomic mass is 10.0. The van der Waals surface area contributed by atoms with Crippen LogP contribution in [-0.4, -0.2) is 38.1 Å². The fourth-order valence-electron chi connectivity index (χ4n) is 4.06. The molecule has 8 heteroatoms. The summed E-state index contributed by atoms with van der Waals surface area (Å²) in [5.74, 6) is 1.47. The smallest absolute Gasteiger partial charge is 0.251 e. The normalized spacial score (nSPS) is 11.3. The maximum atomic E-state index is 13.2. The van der Waals surface area contributed by atoms with Crippen molar-refractivity contribution in [2.45, 2.75) is 19.4 Å². The van der Waals surface area contributed by atoms with Gasteiger partial charge in [-0.25, -0.2) is 0 Å².